The van der Waals surface area contributed by atoms with Crippen molar-refractivity contribution in [2.24, 2.45) is 0 Å². The van der Waals surface area contributed by atoms with Crippen molar-refractivity contribution in [2.75, 3.05) is 0 Å². The van der Waals surface area contributed by atoms with E-state index in [1.54, 1.807) is 19.1 Å². The number of aryl methyl sites for hydroxylation is 1. The molecule has 1 saturated carbocycles. The summed E-state index contributed by atoms with van der Waals surface area (Å²) in [6, 6.07) is 4.66. The number of carbonyl (C=O) groups is 1. The molecule has 1 unspecified atom stereocenters. The highest BCUT2D eigenvalue weighted by Gasteiger charge is 2.23. The molecule has 80 valence electrons. The Hall–Kier alpha value is -1.38. The van der Waals surface area contributed by atoms with Crippen LogP contribution in [-0.4, -0.2) is 11.9 Å². The number of hydrogen-bond donors (Lipinski definition) is 0. The molecule has 0 N–H and O–H groups in total. The molecule has 0 heterocycles. The molecule has 0 aliphatic heterocycles. The first-order valence-corrected chi connectivity index (χ1v) is 5.09. The Morgan fingerprint density at radius 1 is 1.47 bits per heavy atom. The molecule has 1 aliphatic carbocycles. The zero-order valence-electron chi connectivity index (χ0n) is 8.63. The Kier molecular flexibility index (Phi) is 2.71. The van der Waals surface area contributed by atoms with Crippen LogP contribution >= 0.6 is 0 Å². The van der Waals surface area contributed by atoms with Gasteiger partial charge in [-0.2, -0.15) is 0 Å². The van der Waals surface area contributed by atoms with Gasteiger partial charge in [0, 0.05) is 12.8 Å². The van der Waals surface area contributed by atoms with Gasteiger partial charge in [0.25, 0.3) is 0 Å². The summed E-state index contributed by atoms with van der Waals surface area (Å²) >= 11 is 0. The second-order valence-corrected chi connectivity index (χ2v) is 3.93. The standard InChI is InChI=1S/C12H13FO2/c1-8-6-10(4-5-12(8)13)15-11-3-2-9(14)7-11/h4-6,11H,2-3,7H2,1H3. The van der Waals surface area contributed by atoms with E-state index in [0.29, 0.717) is 24.2 Å². The Bertz CT molecular complexity index is 387. The molecular weight excluding hydrogens is 195 g/mol. The minimum Gasteiger partial charge on any atom is -0.490 e. The topological polar surface area (TPSA) is 26.3 Å². The van der Waals surface area contributed by atoms with Gasteiger partial charge in [-0.1, -0.05) is 0 Å². The summed E-state index contributed by atoms with van der Waals surface area (Å²) < 4.78 is 18.6. The molecule has 2 rings (SSSR count). The number of Topliss-reactive ketones (excluding diaryl/α,β-unsaturated/α-hetero) is 1. The molecular formula is C12H13FO2. The van der Waals surface area contributed by atoms with Gasteiger partial charge in [-0.05, 0) is 37.1 Å². The third kappa shape index (κ3) is 2.35. The maximum absolute atomic E-state index is 13.0. The van der Waals surface area contributed by atoms with E-state index in [0.717, 1.165) is 6.42 Å². The van der Waals surface area contributed by atoms with Gasteiger partial charge in [0.1, 0.15) is 23.5 Å². The van der Waals surface area contributed by atoms with Gasteiger partial charge in [-0.15, -0.1) is 0 Å². The number of carbonyl (C=O) groups excluding carboxylic acids is 1. The van der Waals surface area contributed by atoms with E-state index in [1.165, 1.54) is 6.07 Å². The maximum atomic E-state index is 13.0. The second kappa shape index (κ2) is 4.01. The fraction of sp³-hybridized carbons (Fsp3) is 0.417. The summed E-state index contributed by atoms with van der Waals surface area (Å²) in [5, 5.41) is 0. The first-order chi connectivity index (χ1) is 7.15. The number of hydrogen-bond acceptors (Lipinski definition) is 2. The minimum atomic E-state index is -0.232. The van der Waals surface area contributed by atoms with Crippen LogP contribution in [-0.2, 0) is 4.79 Å². The van der Waals surface area contributed by atoms with E-state index >= 15 is 0 Å². The van der Waals surface area contributed by atoms with E-state index in [2.05, 4.69) is 0 Å². The van der Waals surface area contributed by atoms with Crippen LogP contribution in [0, 0.1) is 12.7 Å². The Balaban J connectivity index is 2.05. The van der Waals surface area contributed by atoms with Crippen molar-refractivity contribution in [1.82, 2.24) is 0 Å². The number of halogens is 1. The highest BCUT2D eigenvalue weighted by atomic mass is 19.1. The third-order valence-electron chi connectivity index (χ3n) is 2.63. The van der Waals surface area contributed by atoms with Crippen molar-refractivity contribution >= 4 is 5.78 Å². The SMILES string of the molecule is Cc1cc(OC2CCC(=O)C2)ccc1F. The Morgan fingerprint density at radius 2 is 2.27 bits per heavy atom. The largest absolute Gasteiger partial charge is 0.490 e. The molecule has 1 aromatic rings. The molecule has 15 heavy (non-hydrogen) atoms. The number of benzene rings is 1. The van der Waals surface area contributed by atoms with Crippen molar-refractivity contribution in [3.05, 3.63) is 29.6 Å². The molecule has 3 heteroatoms. The van der Waals surface area contributed by atoms with Gasteiger partial charge < -0.3 is 4.74 Å². The van der Waals surface area contributed by atoms with E-state index in [9.17, 15) is 9.18 Å². The van der Waals surface area contributed by atoms with Crippen LogP contribution in [0.5, 0.6) is 5.75 Å². The molecule has 0 radical (unpaired) electrons. The summed E-state index contributed by atoms with van der Waals surface area (Å²) in [7, 11) is 0. The molecule has 1 aromatic carbocycles. The first-order valence-electron chi connectivity index (χ1n) is 5.09. The van der Waals surface area contributed by atoms with Gasteiger partial charge >= 0.3 is 0 Å². The van der Waals surface area contributed by atoms with Crippen LogP contribution in [0.15, 0.2) is 18.2 Å². The van der Waals surface area contributed by atoms with Crippen molar-refractivity contribution in [2.45, 2.75) is 32.3 Å². The summed E-state index contributed by atoms with van der Waals surface area (Å²) in [4.78, 5) is 11.0. The third-order valence-corrected chi connectivity index (χ3v) is 2.63. The van der Waals surface area contributed by atoms with E-state index < -0.39 is 0 Å². The molecule has 0 saturated heterocycles. The van der Waals surface area contributed by atoms with Crippen LogP contribution in [0.3, 0.4) is 0 Å². The zero-order valence-corrected chi connectivity index (χ0v) is 8.63. The van der Waals surface area contributed by atoms with E-state index in [1.807, 2.05) is 0 Å². The lowest BCUT2D eigenvalue weighted by molar-refractivity contribution is -0.117. The van der Waals surface area contributed by atoms with Crippen molar-refractivity contribution in [1.29, 1.82) is 0 Å². The highest BCUT2D eigenvalue weighted by Crippen LogP contribution is 2.23. The maximum Gasteiger partial charge on any atom is 0.136 e. The van der Waals surface area contributed by atoms with Gasteiger partial charge in [-0.3, -0.25) is 4.79 Å². The van der Waals surface area contributed by atoms with E-state index in [-0.39, 0.29) is 17.7 Å². The van der Waals surface area contributed by atoms with Gasteiger partial charge in [0.05, 0.1) is 0 Å². The summed E-state index contributed by atoms with van der Waals surface area (Å²) in [6.07, 6.45) is 1.83. The first kappa shape index (κ1) is 10.1. The fourth-order valence-corrected chi connectivity index (χ4v) is 1.76. The Morgan fingerprint density at radius 3 is 2.87 bits per heavy atom. The quantitative estimate of drug-likeness (QED) is 0.746. The van der Waals surface area contributed by atoms with Gasteiger partial charge in [0.15, 0.2) is 0 Å². The van der Waals surface area contributed by atoms with Crippen molar-refractivity contribution in [3.63, 3.8) is 0 Å². The minimum absolute atomic E-state index is 0.0256. The predicted octanol–water partition coefficient (Wildman–Crippen LogP) is 2.63. The lowest BCUT2D eigenvalue weighted by atomic mass is 10.2. The zero-order chi connectivity index (χ0) is 10.8. The number of rotatable bonds is 2. The number of ether oxygens (including phenoxy) is 1. The fourth-order valence-electron chi connectivity index (χ4n) is 1.76. The monoisotopic (exact) mass is 208 g/mol. The summed E-state index contributed by atoms with van der Waals surface area (Å²) in [5.74, 6) is 0.664. The van der Waals surface area contributed by atoms with Crippen LogP contribution < -0.4 is 4.74 Å². The normalized spacial score (nSPS) is 20.7. The van der Waals surface area contributed by atoms with Gasteiger partial charge in [-0.25, -0.2) is 4.39 Å². The van der Waals surface area contributed by atoms with Crippen LogP contribution in [0.2, 0.25) is 0 Å². The lowest BCUT2D eigenvalue weighted by Gasteiger charge is -2.12. The molecule has 1 atom stereocenters. The average molecular weight is 208 g/mol. The summed E-state index contributed by atoms with van der Waals surface area (Å²) in [5.41, 5.74) is 0.567. The van der Waals surface area contributed by atoms with Crippen molar-refractivity contribution < 1.29 is 13.9 Å². The molecule has 1 fully saturated rings. The lowest BCUT2D eigenvalue weighted by Crippen LogP contribution is -2.12. The highest BCUT2D eigenvalue weighted by molar-refractivity contribution is 5.81. The van der Waals surface area contributed by atoms with Crippen LogP contribution in [0.25, 0.3) is 0 Å². The molecule has 1 aliphatic rings. The van der Waals surface area contributed by atoms with Gasteiger partial charge in [0.2, 0.25) is 0 Å². The van der Waals surface area contributed by atoms with E-state index in [4.69, 9.17) is 4.74 Å². The summed E-state index contributed by atoms with van der Waals surface area (Å²) in [6.45, 7) is 1.70. The molecule has 2 nitrogen and oxygen atoms in total. The molecule has 0 aromatic heterocycles. The smallest absolute Gasteiger partial charge is 0.136 e. The van der Waals surface area contributed by atoms with Crippen molar-refractivity contribution in [3.8, 4) is 5.75 Å². The molecule has 0 bridgehead atoms. The predicted molar refractivity (Wildman–Crippen MR) is 54.4 cm³/mol. The Labute approximate surface area is 88.1 Å². The molecule has 0 amide bonds. The number of ketones is 1. The molecule has 0 spiro atoms. The van der Waals surface area contributed by atoms with Crippen LogP contribution in [0.1, 0.15) is 24.8 Å². The van der Waals surface area contributed by atoms with Crippen LogP contribution in [0.4, 0.5) is 4.39 Å². The second-order valence-electron chi connectivity index (χ2n) is 3.93. The average Bonchev–Trinajstić information content (AvgIpc) is 2.58.